The summed E-state index contributed by atoms with van der Waals surface area (Å²) >= 11 is 0. The molecule has 2 aromatic carbocycles. The van der Waals surface area contributed by atoms with Crippen molar-refractivity contribution in [1.82, 2.24) is 9.13 Å². The summed E-state index contributed by atoms with van der Waals surface area (Å²) in [4.78, 5) is 36.3. The first-order valence-electron chi connectivity index (χ1n) is 8.50. The average molecular weight is 385 g/mol. The van der Waals surface area contributed by atoms with Gasteiger partial charge >= 0.3 is 5.69 Å². The largest absolute Gasteiger partial charge is 0.497 e. The number of nitro groups is 1. The molecule has 0 N–H and O–H groups in total. The standard InChI is InChI=1S/C19H19N3O6/c1-27-10-9-20-18(23)16-11-14(22(25)26)5-8-17(16)21(19(20)24)12-13-3-6-15(28-2)7-4-13/h3-8,11H,9-10,12H2,1-2H3. The number of benzene rings is 2. The van der Waals surface area contributed by atoms with Crippen molar-refractivity contribution >= 4 is 16.6 Å². The normalized spacial score (nSPS) is 10.9. The second kappa shape index (κ2) is 8.05. The van der Waals surface area contributed by atoms with Gasteiger partial charge in [-0.2, -0.15) is 0 Å². The molecule has 0 unspecified atom stereocenters. The molecule has 0 saturated carbocycles. The fourth-order valence-electron chi connectivity index (χ4n) is 2.97. The van der Waals surface area contributed by atoms with Gasteiger partial charge in [0.2, 0.25) is 0 Å². The van der Waals surface area contributed by atoms with Crippen LogP contribution in [0.5, 0.6) is 5.75 Å². The van der Waals surface area contributed by atoms with Gasteiger partial charge in [-0.05, 0) is 23.8 Å². The predicted octanol–water partition coefficient (Wildman–Crippen LogP) is 1.77. The molecule has 0 bridgehead atoms. The summed E-state index contributed by atoms with van der Waals surface area (Å²) < 4.78 is 12.6. The lowest BCUT2D eigenvalue weighted by molar-refractivity contribution is -0.384. The summed E-state index contributed by atoms with van der Waals surface area (Å²) in [7, 11) is 3.03. The summed E-state index contributed by atoms with van der Waals surface area (Å²) in [6, 6.07) is 11.1. The van der Waals surface area contributed by atoms with Gasteiger partial charge in [-0.15, -0.1) is 0 Å². The number of nitro benzene ring substituents is 1. The molecule has 1 aromatic heterocycles. The maximum absolute atomic E-state index is 13.0. The molecule has 28 heavy (non-hydrogen) atoms. The van der Waals surface area contributed by atoms with Gasteiger partial charge < -0.3 is 9.47 Å². The van der Waals surface area contributed by atoms with Gasteiger partial charge in [0.05, 0.1) is 42.6 Å². The van der Waals surface area contributed by atoms with Crippen molar-refractivity contribution in [2.75, 3.05) is 20.8 Å². The van der Waals surface area contributed by atoms with E-state index in [0.717, 1.165) is 10.1 Å². The highest BCUT2D eigenvalue weighted by molar-refractivity contribution is 5.80. The molecular weight excluding hydrogens is 366 g/mol. The van der Waals surface area contributed by atoms with E-state index in [2.05, 4.69) is 0 Å². The van der Waals surface area contributed by atoms with Gasteiger partial charge in [0.25, 0.3) is 11.2 Å². The van der Waals surface area contributed by atoms with Crippen LogP contribution < -0.4 is 16.0 Å². The third-order valence-corrected chi connectivity index (χ3v) is 4.44. The van der Waals surface area contributed by atoms with Crippen molar-refractivity contribution in [3.63, 3.8) is 0 Å². The number of fused-ring (bicyclic) bond motifs is 1. The van der Waals surface area contributed by atoms with Crippen LogP contribution in [0.4, 0.5) is 5.69 Å². The molecule has 0 saturated heterocycles. The monoisotopic (exact) mass is 385 g/mol. The summed E-state index contributed by atoms with van der Waals surface area (Å²) in [5, 5.41) is 11.2. The van der Waals surface area contributed by atoms with E-state index in [4.69, 9.17) is 9.47 Å². The van der Waals surface area contributed by atoms with Crippen LogP contribution in [0.25, 0.3) is 10.9 Å². The first kappa shape index (κ1) is 19.3. The maximum Gasteiger partial charge on any atom is 0.331 e. The van der Waals surface area contributed by atoms with Crippen molar-refractivity contribution in [2.45, 2.75) is 13.1 Å². The van der Waals surface area contributed by atoms with Gasteiger partial charge in [-0.25, -0.2) is 4.79 Å². The molecule has 0 fully saturated rings. The van der Waals surface area contributed by atoms with Crippen LogP contribution in [0.15, 0.2) is 52.1 Å². The van der Waals surface area contributed by atoms with Gasteiger partial charge in [0.1, 0.15) is 5.75 Å². The molecule has 9 nitrogen and oxygen atoms in total. The minimum atomic E-state index is -0.577. The first-order valence-corrected chi connectivity index (χ1v) is 8.50. The minimum absolute atomic E-state index is 0.0510. The zero-order valence-corrected chi connectivity index (χ0v) is 15.5. The molecule has 0 radical (unpaired) electrons. The number of hydrogen-bond donors (Lipinski definition) is 0. The third-order valence-electron chi connectivity index (χ3n) is 4.44. The Labute approximate surface area is 159 Å². The Bertz CT molecular complexity index is 1130. The number of hydrogen-bond acceptors (Lipinski definition) is 6. The Morgan fingerprint density at radius 1 is 1.04 bits per heavy atom. The Hall–Kier alpha value is -3.46. The summed E-state index contributed by atoms with van der Waals surface area (Å²) in [5.74, 6) is 0.682. The average Bonchev–Trinajstić information content (AvgIpc) is 2.71. The molecule has 0 aliphatic heterocycles. The zero-order chi connectivity index (χ0) is 20.3. The third kappa shape index (κ3) is 3.65. The van der Waals surface area contributed by atoms with Crippen LogP contribution in [0, 0.1) is 10.1 Å². The lowest BCUT2D eigenvalue weighted by Gasteiger charge is -2.14. The topological polar surface area (TPSA) is 106 Å². The molecule has 0 atom stereocenters. The molecule has 3 aromatic rings. The number of nitrogens with zero attached hydrogens (tertiary/aromatic N) is 3. The van der Waals surface area contributed by atoms with Crippen LogP contribution in [-0.4, -0.2) is 34.9 Å². The number of rotatable bonds is 7. The van der Waals surface area contributed by atoms with Gasteiger partial charge in [-0.3, -0.25) is 24.0 Å². The van der Waals surface area contributed by atoms with E-state index in [-0.39, 0.29) is 30.8 Å². The van der Waals surface area contributed by atoms with Gasteiger partial charge in [0, 0.05) is 19.2 Å². The Balaban J connectivity index is 2.21. The number of aromatic nitrogens is 2. The van der Waals surface area contributed by atoms with Crippen molar-refractivity contribution < 1.29 is 14.4 Å². The molecule has 0 spiro atoms. The lowest BCUT2D eigenvalue weighted by atomic mass is 10.2. The highest BCUT2D eigenvalue weighted by atomic mass is 16.6. The van der Waals surface area contributed by atoms with Crippen molar-refractivity contribution in [1.29, 1.82) is 0 Å². The van der Waals surface area contributed by atoms with E-state index >= 15 is 0 Å². The van der Waals surface area contributed by atoms with Crippen molar-refractivity contribution in [3.05, 3.63) is 79.0 Å². The van der Waals surface area contributed by atoms with E-state index < -0.39 is 16.2 Å². The second-order valence-corrected chi connectivity index (χ2v) is 6.12. The summed E-state index contributed by atoms with van der Waals surface area (Å²) in [6.07, 6.45) is 0. The van der Waals surface area contributed by atoms with Crippen molar-refractivity contribution in [3.8, 4) is 5.75 Å². The Morgan fingerprint density at radius 2 is 1.75 bits per heavy atom. The molecular formula is C19H19N3O6. The highest BCUT2D eigenvalue weighted by Gasteiger charge is 2.17. The van der Waals surface area contributed by atoms with Crippen molar-refractivity contribution in [2.24, 2.45) is 0 Å². The zero-order valence-electron chi connectivity index (χ0n) is 15.5. The Kier molecular flexibility index (Phi) is 5.55. The van der Waals surface area contributed by atoms with Crippen LogP contribution in [0.1, 0.15) is 5.56 Å². The first-order chi connectivity index (χ1) is 13.5. The number of methoxy groups -OCH3 is 2. The summed E-state index contributed by atoms with van der Waals surface area (Å²) in [6.45, 7) is 0.415. The van der Waals surface area contributed by atoms with Crippen LogP contribution in [0.3, 0.4) is 0 Å². The summed E-state index contributed by atoms with van der Waals surface area (Å²) in [5.41, 5.74) is -0.131. The SMILES string of the molecule is COCCn1c(=O)c2cc([N+](=O)[O-])ccc2n(Cc2ccc(OC)cc2)c1=O. The maximum atomic E-state index is 13.0. The smallest absolute Gasteiger partial charge is 0.331 e. The highest BCUT2D eigenvalue weighted by Crippen LogP contribution is 2.19. The van der Waals surface area contributed by atoms with Gasteiger partial charge in [0.15, 0.2) is 0 Å². The van der Waals surface area contributed by atoms with Crippen LogP contribution in [0.2, 0.25) is 0 Å². The molecule has 146 valence electrons. The quantitative estimate of drug-likeness (QED) is 0.453. The predicted molar refractivity (Wildman–Crippen MR) is 103 cm³/mol. The Morgan fingerprint density at radius 3 is 2.36 bits per heavy atom. The molecule has 3 rings (SSSR count). The van der Waals surface area contributed by atoms with E-state index in [1.807, 2.05) is 12.1 Å². The molecule has 9 heteroatoms. The molecule has 0 amide bonds. The van der Waals surface area contributed by atoms with Crippen LogP contribution >= 0.6 is 0 Å². The second-order valence-electron chi connectivity index (χ2n) is 6.12. The molecule has 1 heterocycles. The van der Waals surface area contributed by atoms with E-state index in [1.54, 1.807) is 19.2 Å². The molecule has 0 aliphatic rings. The van der Waals surface area contributed by atoms with E-state index in [1.165, 1.54) is 29.9 Å². The fourth-order valence-corrected chi connectivity index (χ4v) is 2.97. The van der Waals surface area contributed by atoms with E-state index in [9.17, 15) is 19.7 Å². The number of non-ortho nitro benzene ring substituents is 1. The minimum Gasteiger partial charge on any atom is -0.497 e. The van der Waals surface area contributed by atoms with Gasteiger partial charge in [-0.1, -0.05) is 12.1 Å². The lowest BCUT2D eigenvalue weighted by Crippen LogP contribution is -2.41. The van der Waals surface area contributed by atoms with Crippen LogP contribution in [-0.2, 0) is 17.8 Å². The van der Waals surface area contributed by atoms with E-state index in [0.29, 0.717) is 11.3 Å². The number of ether oxygens (including phenoxy) is 2. The fraction of sp³-hybridized carbons (Fsp3) is 0.263. The molecule has 0 aliphatic carbocycles.